The number of hydrogen-bond donors (Lipinski definition) is 1. The van der Waals surface area contributed by atoms with Gasteiger partial charge in [0.25, 0.3) is 0 Å². The van der Waals surface area contributed by atoms with Crippen molar-refractivity contribution in [3.05, 3.63) is 0 Å². The normalized spacial score (nSPS) is 30.8. The maximum atomic E-state index is 12.9. The molecule has 3 saturated heterocycles. The number of amides is 2. The van der Waals surface area contributed by atoms with E-state index in [9.17, 15) is 9.59 Å². The highest BCUT2D eigenvalue weighted by Gasteiger charge is 2.40. The first-order chi connectivity index (χ1) is 12.7. The molecule has 28 heavy (non-hydrogen) atoms. The number of ether oxygens (including phenoxy) is 1. The Hall–Kier alpha value is -0.600. The third-order valence-corrected chi connectivity index (χ3v) is 6.57. The average Bonchev–Trinajstić information content (AvgIpc) is 3.12. The molecular weight excluding hydrogens is 403 g/mol. The van der Waals surface area contributed by atoms with Gasteiger partial charge in [0.1, 0.15) is 0 Å². The van der Waals surface area contributed by atoms with Crippen molar-refractivity contribution in [3.63, 3.8) is 0 Å². The molecule has 0 aromatic heterocycles. The first kappa shape index (κ1) is 23.7. The van der Waals surface area contributed by atoms with Crippen LogP contribution >= 0.6 is 24.8 Å². The van der Waals surface area contributed by atoms with E-state index in [4.69, 9.17) is 4.74 Å². The zero-order chi connectivity index (χ0) is 17.9. The van der Waals surface area contributed by atoms with Crippen molar-refractivity contribution >= 4 is 36.6 Å². The summed E-state index contributed by atoms with van der Waals surface area (Å²) in [6.45, 7) is 6.23. The summed E-state index contributed by atoms with van der Waals surface area (Å²) in [5.74, 6) is 1.12. The van der Waals surface area contributed by atoms with Crippen molar-refractivity contribution < 1.29 is 14.3 Å². The zero-order valence-corrected chi connectivity index (χ0v) is 18.1. The summed E-state index contributed by atoms with van der Waals surface area (Å²) in [5.41, 5.74) is 0. The predicted octanol–water partition coefficient (Wildman–Crippen LogP) is 0.754. The minimum absolute atomic E-state index is 0. The van der Waals surface area contributed by atoms with Gasteiger partial charge < -0.3 is 19.9 Å². The molecule has 162 valence electrons. The van der Waals surface area contributed by atoms with Crippen LogP contribution in [0.3, 0.4) is 0 Å². The fraction of sp³-hybridized carbons (Fsp3) is 0.895. The minimum atomic E-state index is -0.00120. The molecule has 0 spiro atoms. The summed E-state index contributed by atoms with van der Waals surface area (Å²) in [7, 11) is 0. The third kappa shape index (κ3) is 5.51. The van der Waals surface area contributed by atoms with Gasteiger partial charge in [-0.3, -0.25) is 14.5 Å². The molecule has 0 bridgehead atoms. The number of hydrogen-bond acceptors (Lipinski definition) is 5. The van der Waals surface area contributed by atoms with Gasteiger partial charge in [-0.05, 0) is 25.2 Å². The van der Waals surface area contributed by atoms with Gasteiger partial charge in [-0.2, -0.15) is 0 Å². The molecule has 0 aromatic carbocycles. The lowest BCUT2D eigenvalue weighted by atomic mass is 9.85. The number of nitrogens with one attached hydrogen (secondary N) is 1. The first-order valence-electron chi connectivity index (χ1n) is 10.3. The highest BCUT2D eigenvalue weighted by Crippen LogP contribution is 2.33. The molecule has 1 N–H and O–H groups in total. The van der Waals surface area contributed by atoms with Crippen LogP contribution in [-0.4, -0.2) is 97.6 Å². The van der Waals surface area contributed by atoms with Gasteiger partial charge in [-0.1, -0.05) is 12.8 Å². The Morgan fingerprint density at radius 3 is 2.21 bits per heavy atom. The standard InChI is InChI=1S/C19H32N4O3.2ClH/c24-18(14-21-9-11-26-12-10-21)22-5-7-23(8-6-22)19(25)17-13-15-3-1-2-4-16(15)20-17;;/h15-17,20H,1-14H2;2*1H. The largest absolute Gasteiger partial charge is 0.379 e. The van der Waals surface area contributed by atoms with Crippen LogP contribution in [-0.2, 0) is 14.3 Å². The maximum absolute atomic E-state index is 12.9. The number of carbonyl (C=O) groups excluding carboxylic acids is 2. The summed E-state index contributed by atoms with van der Waals surface area (Å²) < 4.78 is 5.33. The number of carbonyl (C=O) groups is 2. The highest BCUT2D eigenvalue weighted by atomic mass is 35.5. The number of rotatable bonds is 3. The van der Waals surface area contributed by atoms with Crippen LogP contribution in [0.2, 0.25) is 0 Å². The smallest absolute Gasteiger partial charge is 0.239 e. The van der Waals surface area contributed by atoms with Gasteiger partial charge in [0.2, 0.25) is 11.8 Å². The number of fused-ring (bicyclic) bond motifs is 1. The summed E-state index contributed by atoms with van der Waals surface area (Å²) in [6, 6.07) is 0.549. The van der Waals surface area contributed by atoms with E-state index in [0.29, 0.717) is 57.9 Å². The number of halogens is 2. The van der Waals surface area contributed by atoms with E-state index < -0.39 is 0 Å². The van der Waals surface area contributed by atoms with Gasteiger partial charge in [0, 0.05) is 45.3 Å². The van der Waals surface area contributed by atoms with E-state index in [0.717, 1.165) is 19.5 Å². The lowest BCUT2D eigenvalue weighted by molar-refractivity contribution is -0.141. The third-order valence-electron chi connectivity index (χ3n) is 6.57. The van der Waals surface area contributed by atoms with Crippen molar-refractivity contribution in [3.8, 4) is 0 Å². The molecule has 9 heteroatoms. The molecule has 1 saturated carbocycles. The number of morpholine rings is 1. The van der Waals surface area contributed by atoms with E-state index in [2.05, 4.69) is 10.2 Å². The predicted molar refractivity (Wildman–Crippen MR) is 112 cm³/mol. The minimum Gasteiger partial charge on any atom is -0.379 e. The summed E-state index contributed by atoms with van der Waals surface area (Å²) in [5, 5.41) is 3.59. The second kappa shape index (κ2) is 11.0. The van der Waals surface area contributed by atoms with Crippen molar-refractivity contribution in [2.45, 2.75) is 44.2 Å². The van der Waals surface area contributed by atoms with E-state index in [1.54, 1.807) is 0 Å². The maximum Gasteiger partial charge on any atom is 0.239 e. The highest BCUT2D eigenvalue weighted by molar-refractivity contribution is 5.85. The average molecular weight is 437 g/mol. The van der Waals surface area contributed by atoms with Crippen LogP contribution in [0.4, 0.5) is 0 Å². The molecule has 3 atom stereocenters. The summed E-state index contributed by atoms with van der Waals surface area (Å²) in [4.78, 5) is 31.4. The quantitative estimate of drug-likeness (QED) is 0.706. The molecule has 7 nitrogen and oxygen atoms in total. The van der Waals surface area contributed by atoms with Gasteiger partial charge >= 0.3 is 0 Å². The van der Waals surface area contributed by atoms with Crippen molar-refractivity contribution in [1.82, 2.24) is 20.0 Å². The Balaban J connectivity index is 0.00000140. The molecule has 4 aliphatic rings. The topological polar surface area (TPSA) is 65.1 Å². The molecule has 0 aromatic rings. The lowest BCUT2D eigenvalue weighted by Crippen LogP contribution is -2.56. The number of nitrogens with zero attached hydrogens (tertiary/aromatic N) is 3. The Morgan fingerprint density at radius 2 is 1.54 bits per heavy atom. The van der Waals surface area contributed by atoms with Gasteiger partial charge in [0.15, 0.2) is 0 Å². The van der Waals surface area contributed by atoms with Gasteiger partial charge in [0.05, 0.1) is 25.8 Å². The second-order valence-electron chi connectivity index (χ2n) is 8.20. The van der Waals surface area contributed by atoms with Crippen LogP contribution in [0, 0.1) is 5.92 Å². The van der Waals surface area contributed by atoms with E-state index in [-0.39, 0.29) is 42.7 Å². The molecule has 4 rings (SSSR count). The SMILES string of the molecule is Cl.Cl.O=C(CN1CCOCC1)N1CCN(C(=O)C2CC3CCCCC3N2)CC1. The Bertz CT molecular complexity index is 511. The number of piperazine rings is 1. The summed E-state index contributed by atoms with van der Waals surface area (Å²) >= 11 is 0. The van der Waals surface area contributed by atoms with E-state index >= 15 is 0 Å². The molecule has 2 amide bonds. The van der Waals surface area contributed by atoms with Gasteiger partial charge in [-0.15, -0.1) is 24.8 Å². The van der Waals surface area contributed by atoms with Crippen LogP contribution < -0.4 is 5.32 Å². The zero-order valence-electron chi connectivity index (χ0n) is 16.5. The van der Waals surface area contributed by atoms with Crippen LogP contribution in [0.1, 0.15) is 32.1 Å². The fourth-order valence-electron chi connectivity index (χ4n) is 4.96. The Kier molecular flexibility index (Phi) is 9.28. The summed E-state index contributed by atoms with van der Waals surface area (Å²) in [6.07, 6.45) is 6.09. The molecule has 4 fully saturated rings. The van der Waals surface area contributed by atoms with E-state index in [1.807, 2.05) is 9.80 Å². The molecule has 3 unspecified atom stereocenters. The van der Waals surface area contributed by atoms with Crippen molar-refractivity contribution in [2.75, 3.05) is 59.0 Å². The molecule has 3 aliphatic heterocycles. The van der Waals surface area contributed by atoms with Gasteiger partial charge in [-0.25, -0.2) is 0 Å². The van der Waals surface area contributed by atoms with Crippen molar-refractivity contribution in [2.24, 2.45) is 5.92 Å². The van der Waals surface area contributed by atoms with E-state index in [1.165, 1.54) is 25.7 Å². The molecule has 1 aliphatic carbocycles. The van der Waals surface area contributed by atoms with Crippen LogP contribution in [0.15, 0.2) is 0 Å². The first-order valence-corrected chi connectivity index (χ1v) is 10.3. The monoisotopic (exact) mass is 436 g/mol. The Labute approximate surface area is 180 Å². The van der Waals surface area contributed by atoms with Crippen LogP contribution in [0.5, 0.6) is 0 Å². The van der Waals surface area contributed by atoms with Crippen molar-refractivity contribution in [1.29, 1.82) is 0 Å². The molecule has 3 heterocycles. The molecular formula is C19H34Cl2N4O3. The molecule has 0 radical (unpaired) electrons. The second-order valence-corrected chi connectivity index (χ2v) is 8.20. The Morgan fingerprint density at radius 1 is 0.893 bits per heavy atom. The fourth-order valence-corrected chi connectivity index (χ4v) is 4.96. The lowest BCUT2D eigenvalue weighted by Gasteiger charge is -2.37. The van der Waals surface area contributed by atoms with Crippen LogP contribution in [0.25, 0.3) is 0 Å².